The molecule has 3 aromatic carbocycles. The molecule has 67 heavy (non-hydrogen) atoms. The van der Waals surface area contributed by atoms with Gasteiger partial charge in [0.05, 0.1) is 0 Å². The van der Waals surface area contributed by atoms with E-state index in [1.807, 2.05) is 36.8 Å². The van der Waals surface area contributed by atoms with Crippen LogP contribution in [0.2, 0.25) is 0 Å². The molecule has 3 unspecified atom stereocenters. The Morgan fingerprint density at radius 1 is 0.642 bits per heavy atom. The first-order chi connectivity index (χ1) is 32.0. The minimum absolute atomic E-state index is 0.209. The summed E-state index contributed by atoms with van der Waals surface area (Å²) in [5.74, 6) is 3.99. The van der Waals surface area contributed by atoms with Gasteiger partial charge >= 0.3 is 24.1 Å². The summed E-state index contributed by atoms with van der Waals surface area (Å²) in [6, 6.07) is 21.3. The molecular weight excluding hydrogens is 901 g/mol. The third-order valence-electron chi connectivity index (χ3n) is 11.6. The Bertz CT molecular complexity index is 1980. The summed E-state index contributed by atoms with van der Waals surface area (Å²) >= 11 is 5.25. The van der Waals surface area contributed by atoms with Crippen molar-refractivity contribution in [2.45, 2.75) is 167 Å². The number of alkyl carbamates (subject to hydrolysis) is 2. The summed E-state index contributed by atoms with van der Waals surface area (Å²) in [6.07, 6.45) is 15.6. The largest absolute Gasteiger partial charge is 0.444 e. The lowest BCUT2D eigenvalue weighted by Gasteiger charge is -2.35. The van der Waals surface area contributed by atoms with Gasteiger partial charge in [-0.1, -0.05) is 75.1 Å². The Balaban J connectivity index is 1.48. The quantitative estimate of drug-likeness (QED) is 0.0453. The van der Waals surface area contributed by atoms with Crippen molar-refractivity contribution in [2.24, 2.45) is 0 Å². The molecule has 3 aromatic rings. The Morgan fingerprint density at radius 3 is 1.75 bits per heavy atom. The van der Waals surface area contributed by atoms with E-state index < -0.39 is 47.4 Å². The molecule has 2 amide bonds. The number of nitrogens with one attached hydrogen (secondary N) is 2. The van der Waals surface area contributed by atoms with Crippen LogP contribution in [0.1, 0.15) is 152 Å². The van der Waals surface area contributed by atoms with Gasteiger partial charge in [0, 0.05) is 0 Å². The summed E-state index contributed by atoms with van der Waals surface area (Å²) in [5.41, 5.74) is 4.93. The van der Waals surface area contributed by atoms with Crippen LogP contribution in [0.15, 0.2) is 66.7 Å². The number of carbonyl (C=O) groups excluding carboxylic acids is 4. The molecule has 0 aromatic heterocycles. The molecule has 0 aliphatic heterocycles. The van der Waals surface area contributed by atoms with Crippen LogP contribution in [0.3, 0.4) is 0 Å². The van der Waals surface area contributed by atoms with Gasteiger partial charge in [0.1, 0.15) is 34.8 Å². The van der Waals surface area contributed by atoms with Gasteiger partial charge in [-0.25, -0.2) is 19.2 Å². The minimum Gasteiger partial charge on any atom is -0.444 e. The van der Waals surface area contributed by atoms with Crippen LogP contribution in [-0.2, 0) is 38.3 Å². The number of fused-ring (bicyclic) bond motifs is 1. The molecule has 4 rings (SSSR count). The Morgan fingerprint density at radius 2 is 1.19 bits per heavy atom. The molecule has 0 saturated carbocycles. The average Bonchev–Trinajstić information content (AvgIpc) is 3.27. The number of carbonyl (C=O) groups is 4. The van der Waals surface area contributed by atoms with E-state index in [0.717, 1.165) is 56.1 Å². The van der Waals surface area contributed by atoms with Crippen molar-refractivity contribution in [2.75, 3.05) is 35.5 Å². The van der Waals surface area contributed by atoms with E-state index >= 15 is 0 Å². The van der Waals surface area contributed by atoms with Gasteiger partial charge in [0.25, 0.3) is 0 Å². The SMILES string of the molecule is CCCCCCSCCc1ccc(CCCCC2c3ccc(OC(=O)[C@H](CCSC)NC(=O)OC(C)(C)C)cc3CCC2c2ccc(OC(=O)C(CCSC)NC(=O)OC(C)(C)C)cc2)cc1. The third kappa shape index (κ3) is 20.8. The highest BCUT2D eigenvalue weighted by Crippen LogP contribution is 2.46. The van der Waals surface area contributed by atoms with Crippen LogP contribution in [0, 0.1) is 0 Å². The standard InChI is InChI=1S/C54H78N2O8S3/c1-10-11-12-15-33-67-36-30-39-20-18-38(19-21-39)16-13-14-17-46-44(40-22-25-42(26-23-40)61-49(57)47(31-34-65-8)55-51(59)63-53(2,3)4)28-24-41-37-43(27-29-45(41)46)62-50(58)48(32-35-66-9)56-52(60)64-54(5,6)7/h18-23,25-27,29,37,44,46-48H,10-17,24,28,30-36H2,1-9H3,(H,55,59)(H,56,60)/t44?,46?,47?,48-/m0/s1. The van der Waals surface area contributed by atoms with Crippen LogP contribution in [-0.4, -0.2) is 82.9 Å². The highest BCUT2D eigenvalue weighted by Gasteiger charge is 2.32. The molecule has 0 bridgehead atoms. The molecule has 0 heterocycles. The fourth-order valence-corrected chi connectivity index (χ4v) is 10.2. The van der Waals surface area contributed by atoms with Crippen molar-refractivity contribution < 1.29 is 38.1 Å². The number of amides is 2. The number of hydrogen-bond acceptors (Lipinski definition) is 11. The second kappa shape index (κ2) is 28.6. The van der Waals surface area contributed by atoms with Gasteiger partial charge in [-0.15, -0.1) is 0 Å². The van der Waals surface area contributed by atoms with E-state index in [0.29, 0.717) is 35.8 Å². The van der Waals surface area contributed by atoms with Crippen LogP contribution in [0.5, 0.6) is 11.5 Å². The number of hydrogen-bond donors (Lipinski definition) is 2. The van der Waals surface area contributed by atoms with Gasteiger partial charge in [0.2, 0.25) is 0 Å². The van der Waals surface area contributed by atoms with Crippen molar-refractivity contribution in [3.8, 4) is 11.5 Å². The summed E-state index contributed by atoms with van der Waals surface area (Å²) < 4.78 is 22.6. The number of unbranched alkanes of at least 4 members (excludes halogenated alkanes) is 4. The molecule has 10 nitrogen and oxygen atoms in total. The van der Waals surface area contributed by atoms with Crippen molar-refractivity contribution >= 4 is 59.4 Å². The Hall–Kier alpha value is -3.81. The molecule has 0 spiro atoms. The molecular formula is C54H78N2O8S3. The lowest BCUT2D eigenvalue weighted by molar-refractivity contribution is -0.137. The monoisotopic (exact) mass is 978 g/mol. The molecule has 0 fully saturated rings. The number of benzene rings is 3. The maximum absolute atomic E-state index is 13.5. The topological polar surface area (TPSA) is 129 Å². The lowest BCUT2D eigenvalue weighted by atomic mass is 9.70. The van der Waals surface area contributed by atoms with Crippen molar-refractivity contribution in [1.29, 1.82) is 0 Å². The zero-order valence-corrected chi connectivity index (χ0v) is 44.1. The molecule has 1 aliphatic rings. The van der Waals surface area contributed by atoms with Crippen molar-refractivity contribution in [3.05, 3.63) is 94.5 Å². The van der Waals surface area contributed by atoms with E-state index in [-0.39, 0.29) is 11.8 Å². The third-order valence-corrected chi connectivity index (χ3v) is 13.9. The molecule has 1 aliphatic carbocycles. The first-order valence-electron chi connectivity index (χ1n) is 24.3. The van der Waals surface area contributed by atoms with E-state index in [1.54, 1.807) is 65.1 Å². The molecule has 4 atom stereocenters. The van der Waals surface area contributed by atoms with Crippen LogP contribution >= 0.6 is 35.3 Å². The number of ether oxygens (including phenoxy) is 4. The van der Waals surface area contributed by atoms with E-state index in [2.05, 4.69) is 71.8 Å². The number of esters is 2. The first kappa shape index (κ1) is 55.8. The molecule has 0 radical (unpaired) electrons. The van der Waals surface area contributed by atoms with E-state index in [1.165, 1.54) is 53.9 Å². The molecule has 13 heteroatoms. The van der Waals surface area contributed by atoms with Crippen LogP contribution < -0.4 is 20.1 Å². The van der Waals surface area contributed by atoms with Gasteiger partial charge in [-0.3, -0.25) is 0 Å². The fraction of sp³-hybridized carbons (Fsp3) is 0.593. The second-order valence-electron chi connectivity index (χ2n) is 19.5. The summed E-state index contributed by atoms with van der Waals surface area (Å²) in [7, 11) is 0. The van der Waals surface area contributed by atoms with Crippen molar-refractivity contribution in [1.82, 2.24) is 10.6 Å². The van der Waals surface area contributed by atoms with Crippen LogP contribution in [0.4, 0.5) is 9.59 Å². The molecule has 2 N–H and O–H groups in total. The highest BCUT2D eigenvalue weighted by molar-refractivity contribution is 7.99. The minimum atomic E-state index is -0.847. The zero-order chi connectivity index (χ0) is 48.8. The van der Waals surface area contributed by atoms with Gasteiger partial charge in [0.15, 0.2) is 0 Å². The van der Waals surface area contributed by atoms with Gasteiger partial charge in [-0.05, 0) is 199 Å². The summed E-state index contributed by atoms with van der Waals surface area (Å²) in [6.45, 7) is 13.0. The maximum Gasteiger partial charge on any atom is 0.408 e. The Kier molecular flexibility index (Phi) is 23.8. The number of thioether (sulfide) groups is 3. The zero-order valence-electron chi connectivity index (χ0n) is 41.7. The summed E-state index contributed by atoms with van der Waals surface area (Å²) in [4.78, 5) is 52.1. The molecule has 0 saturated heterocycles. The van der Waals surface area contributed by atoms with Gasteiger partial charge < -0.3 is 29.6 Å². The second-order valence-corrected chi connectivity index (χ2v) is 22.7. The average molecular weight is 979 g/mol. The van der Waals surface area contributed by atoms with E-state index in [9.17, 15) is 19.2 Å². The number of rotatable bonds is 26. The van der Waals surface area contributed by atoms with Crippen molar-refractivity contribution in [3.63, 3.8) is 0 Å². The summed E-state index contributed by atoms with van der Waals surface area (Å²) in [5, 5.41) is 5.43. The number of aryl methyl sites for hydroxylation is 3. The lowest BCUT2D eigenvalue weighted by Crippen LogP contribution is -2.45. The predicted octanol–water partition coefficient (Wildman–Crippen LogP) is 12.9. The molecule has 370 valence electrons. The van der Waals surface area contributed by atoms with E-state index in [4.69, 9.17) is 18.9 Å². The maximum atomic E-state index is 13.5. The smallest absolute Gasteiger partial charge is 0.408 e. The first-order valence-corrected chi connectivity index (χ1v) is 28.2. The predicted molar refractivity (Wildman–Crippen MR) is 279 cm³/mol. The normalized spacial score (nSPS) is 15.7. The fourth-order valence-electron chi connectivity index (χ4n) is 8.22. The van der Waals surface area contributed by atoms with Gasteiger partial charge in [-0.2, -0.15) is 35.3 Å². The van der Waals surface area contributed by atoms with Crippen LogP contribution in [0.25, 0.3) is 0 Å². The highest BCUT2D eigenvalue weighted by atomic mass is 32.2. The Labute approximate surface area is 414 Å².